The molecular formula is C21H33N7S. The van der Waals surface area contributed by atoms with Gasteiger partial charge in [0.2, 0.25) is 0 Å². The summed E-state index contributed by atoms with van der Waals surface area (Å²) in [6, 6.07) is 4.24. The minimum absolute atomic E-state index is 0.461. The van der Waals surface area contributed by atoms with Crippen molar-refractivity contribution in [1.82, 2.24) is 25.5 Å². The van der Waals surface area contributed by atoms with Crippen LogP contribution >= 0.6 is 11.3 Å². The number of piperazine rings is 1. The van der Waals surface area contributed by atoms with Crippen LogP contribution in [0.5, 0.6) is 0 Å². The van der Waals surface area contributed by atoms with Gasteiger partial charge in [-0.2, -0.15) is 0 Å². The van der Waals surface area contributed by atoms with Crippen LogP contribution in [0.25, 0.3) is 0 Å². The number of rotatable bonds is 7. The third kappa shape index (κ3) is 6.14. The van der Waals surface area contributed by atoms with Gasteiger partial charge in [0.1, 0.15) is 10.8 Å². The number of thiazole rings is 1. The number of nitrogens with zero attached hydrogens (tertiary/aromatic N) is 5. The van der Waals surface area contributed by atoms with Gasteiger partial charge in [-0.15, -0.1) is 11.3 Å². The topological polar surface area (TPSA) is 68.7 Å². The highest BCUT2D eigenvalue weighted by Gasteiger charge is 2.16. The summed E-state index contributed by atoms with van der Waals surface area (Å²) in [4.78, 5) is 18.4. The summed E-state index contributed by atoms with van der Waals surface area (Å²) >= 11 is 1.69. The zero-order valence-electron chi connectivity index (χ0n) is 18.0. The summed E-state index contributed by atoms with van der Waals surface area (Å²) in [5, 5.41) is 9.96. The maximum absolute atomic E-state index is 4.67. The van der Waals surface area contributed by atoms with Crippen LogP contribution < -0.4 is 15.5 Å². The van der Waals surface area contributed by atoms with Crippen LogP contribution in [0.4, 0.5) is 5.82 Å². The average molecular weight is 416 g/mol. The van der Waals surface area contributed by atoms with Crippen LogP contribution in [-0.4, -0.2) is 60.6 Å². The van der Waals surface area contributed by atoms with Gasteiger partial charge in [-0.3, -0.25) is 4.99 Å². The molecule has 2 aromatic rings. The molecule has 8 heteroatoms. The molecule has 1 aliphatic rings. The normalized spacial score (nSPS) is 15.8. The number of likely N-dealkylation sites (N-methyl/N-ethyl adjacent to an activating group) is 1. The number of aliphatic imine (C=N–C) groups is 1. The summed E-state index contributed by atoms with van der Waals surface area (Å²) in [5.74, 6) is 2.30. The molecule has 7 nitrogen and oxygen atoms in total. The Bertz CT molecular complexity index is 794. The third-order valence-corrected chi connectivity index (χ3v) is 6.07. The molecular weight excluding hydrogens is 382 g/mol. The molecule has 2 aromatic heterocycles. The Balaban J connectivity index is 1.50. The molecule has 0 bridgehead atoms. The first-order chi connectivity index (χ1) is 14.1. The molecule has 0 radical (unpaired) electrons. The van der Waals surface area contributed by atoms with Gasteiger partial charge in [0, 0.05) is 51.3 Å². The van der Waals surface area contributed by atoms with E-state index in [1.165, 1.54) is 5.56 Å². The molecule has 0 saturated carbocycles. The summed E-state index contributed by atoms with van der Waals surface area (Å²) in [5.41, 5.74) is 2.35. The fourth-order valence-electron chi connectivity index (χ4n) is 3.27. The van der Waals surface area contributed by atoms with Gasteiger partial charge in [0.25, 0.3) is 0 Å². The third-order valence-electron chi connectivity index (χ3n) is 5.21. The molecule has 0 spiro atoms. The highest BCUT2D eigenvalue weighted by Crippen LogP contribution is 2.17. The van der Waals surface area contributed by atoms with E-state index in [2.05, 4.69) is 73.7 Å². The van der Waals surface area contributed by atoms with Crippen molar-refractivity contribution < 1.29 is 0 Å². The molecule has 3 heterocycles. The van der Waals surface area contributed by atoms with Crippen LogP contribution in [0, 0.1) is 0 Å². The van der Waals surface area contributed by atoms with Crippen molar-refractivity contribution in [3.8, 4) is 0 Å². The zero-order valence-corrected chi connectivity index (χ0v) is 18.8. The maximum Gasteiger partial charge on any atom is 0.191 e. The van der Waals surface area contributed by atoms with Gasteiger partial charge in [0.05, 0.1) is 12.2 Å². The SMILES string of the molecule is CCN1CCN(c2cc(CNC(=NC)NCc3nc(C(C)C)cs3)ccn2)CC1. The smallest absolute Gasteiger partial charge is 0.191 e. The van der Waals surface area contributed by atoms with Crippen LogP contribution in [0.2, 0.25) is 0 Å². The molecule has 0 aliphatic carbocycles. The number of aromatic nitrogens is 2. The fraction of sp³-hybridized carbons (Fsp3) is 0.571. The summed E-state index contributed by atoms with van der Waals surface area (Å²) in [6.45, 7) is 13.3. The molecule has 1 saturated heterocycles. The molecule has 0 amide bonds. The fourth-order valence-corrected chi connectivity index (χ4v) is 4.17. The van der Waals surface area contributed by atoms with Crippen molar-refractivity contribution in [3.63, 3.8) is 0 Å². The predicted molar refractivity (Wildman–Crippen MR) is 122 cm³/mol. The highest BCUT2D eigenvalue weighted by molar-refractivity contribution is 7.09. The van der Waals surface area contributed by atoms with Crippen molar-refractivity contribution in [2.45, 2.75) is 39.8 Å². The Morgan fingerprint density at radius 2 is 1.97 bits per heavy atom. The minimum atomic E-state index is 0.461. The Morgan fingerprint density at radius 1 is 1.21 bits per heavy atom. The number of hydrogen-bond acceptors (Lipinski definition) is 6. The number of pyridine rings is 1. The zero-order chi connectivity index (χ0) is 20.6. The van der Waals surface area contributed by atoms with Crippen molar-refractivity contribution in [2.24, 2.45) is 4.99 Å². The lowest BCUT2D eigenvalue weighted by atomic mass is 10.2. The Labute approximate surface area is 178 Å². The number of anilines is 1. The van der Waals surface area contributed by atoms with E-state index in [4.69, 9.17) is 0 Å². The van der Waals surface area contributed by atoms with E-state index < -0.39 is 0 Å². The predicted octanol–water partition coefficient (Wildman–Crippen LogP) is 2.67. The summed E-state index contributed by atoms with van der Waals surface area (Å²) in [6.07, 6.45) is 1.90. The molecule has 158 valence electrons. The van der Waals surface area contributed by atoms with Gasteiger partial charge in [-0.1, -0.05) is 20.8 Å². The van der Waals surface area contributed by atoms with E-state index >= 15 is 0 Å². The second-order valence-corrected chi connectivity index (χ2v) is 8.49. The van der Waals surface area contributed by atoms with E-state index in [1.807, 2.05) is 6.20 Å². The van der Waals surface area contributed by atoms with E-state index in [0.717, 1.165) is 55.2 Å². The molecule has 3 rings (SSSR count). The van der Waals surface area contributed by atoms with E-state index in [0.29, 0.717) is 19.0 Å². The highest BCUT2D eigenvalue weighted by atomic mass is 32.1. The van der Waals surface area contributed by atoms with Gasteiger partial charge in [-0.05, 0) is 30.2 Å². The molecule has 1 aliphatic heterocycles. The van der Waals surface area contributed by atoms with Crippen molar-refractivity contribution in [1.29, 1.82) is 0 Å². The summed E-state index contributed by atoms with van der Waals surface area (Å²) in [7, 11) is 1.79. The van der Waals surface area contributed by atoms with Gasteiger partial charge in [-0.25, -0.2) is 9.97 Å². The second-order valence-electron chi connectivity index (χ2n) is 7.54. The van der Waals surface area contributed by atoms with Crippen LogP contribution in [0.15, 0.2) is 28.7 Å². The number of nitrogens with one attached hydrogen (secondary N) is 2. The van der Waals surface area contributed by atoms with Crippen LogP contribution in [-0.2, 0) is 13.1 Å². The van der Waals surface area contributed by atoms with Gasteiger partial charge < -0.3 is 20.4 Å². The first-order valence-corrected chi connectivity index (χ1v) is 11.3. The van der Waals surface area contributed by atoms with Gasteiger partial charge in [0.15, 0.2) is 5.96 Å². The number of guanidine groups is 1. The molecule has 0 atom stereocenters. The van der Waals surface area contributed by atoms with Crippen LogP contribution in [0.3, 0.4) is 0 Å². The van der Waals surface area contributed by atoms with Gasteiger partial charge >= 0.3 is 0 Å². The first-order valence-electron chi connectivity index (χ1n) is 10.4. The van der Waals surface area contributed by atoms with Crippen molar-refractivity contribution in [2.75, 3.05) is 44.7 Å². The molecule has 0 unspecified atom stereocenters. The Hall–Kier alpha value is -2.19. The lowest BCUT2D eigenvalue weighted by Gasteiger charge is -2.34. The Kier molecular flexibility index (Phi) is 7.83. The van der Waals surface area contributed by atoms with Crippen molar-refractivity contribution >= 4 is 23.1 Å². The van der Waals surface area contributed by atoms with E-state index in [-0.39, 0.29) is 0 Å². The molecule has 2 N–H and O–H groups in total. The second kappa shape index (κ2) is 10.5. The standard InChI is InChI=1S/C21H33N7S/c1-5-27-8-10-28(11-9-27)19-12-17(6-7-23-19)13-24-21(22-4)25-14-20-26-18(15-29-20)16(2)3/h6-7,12,15-16H,5,8-11,13-14H2,1-4H3,(H2,22,24,25). The first kappa shape index (κ1) is 21.5. The molecule has 29 heavy (non-hydrogen) atoms. The average Bonchev–Trinajstić information content (AvgIpc) is 3.24. The monoisotopic (exact) mass is 415 g/mol. The van der Waals surface area contributed by atoms with E-state index in [1.54, 1.807) is 18.4 Å². The van der Waals surface area contributed by atoms with E-state index in [9.17, 15) is 0 Å². The Morgan fingerprint density at radius 3 is 2.62 bits per heavy atom. The lowest BCUT2D eigenvalue weighted by Crippen LogP contribution is -2.46. The number of hydrogen-bond donors (Lipinski definition) is 2. The lowest BCUT2D eigenvalue weighted by molar-refractivity contribution is 0.270. The quantitative estimate of drug-likeness (QED) is 0.535. The largest absolute Gasteiger partial charge is 0.354 e. The minimum Gasteiger partial charge on any atom is -0.354 e. The molecule has 1 fully saturated rings. The maximum atomic E-state index is 4.67. The van der Waals surface area contributed by atoms with Crippen molar-refractivity contribution in [3.05, 3.63) is 40.0 Å². The summed E-state index contributed by atoms with van der Waals surface area (Å²) < 4.78 is 0. The van der Waals surface area contributed by atoms with Crippen LogP contribution in [0.1, 0.15) is 43.0 Å². The molecule has 0 aromatic carbocycles.